The Bertz CT molecular complexity index is 626. The van der Waals surface area contributed by atoms with Gasteiger partial charge in [-0.2, -0.15) is 0 Å². The summed E-state index contributed by atoms with van der Waals surface area (Å²) in [7, 11) is -3.50. The molecule has 0 aromatic heterocycles. The van der Waals surface area contributed by atoms with Gasteiger partial charge in [0.05, 0.1) is 24.7 Å². The minimum absolute atomic E-state index is 0.146. The maximum absolute atomic E-state index is 12.5. The Kier molecular flexibility index (Phi) is 4.67. The monoisotopic (exact) mass is 326 g/mol. The van der Waals surface area contributed by atoms with E-state index in [0.717, 1.165) is 30.8 Å². The third-order valence-electron chi connectivity index (χ3n) is 3.96. The van der Waals surface area contributed by atoms with E-state index in [1.165, 1.54) is 0 Å². The van der Waals surface area contributed by atoms with Crippen molar-refractivity contribution in [2.75, 3.05) is 39.5 Å². The fourth-order valence-corrected chi connectivity index (χ4v) is 4.16. The molecule has 0 aliphatic carbocycles. The smallest absolute Gasteiger partial charge is 0.240 e. The molecule has 2 aliphatic heterocycles. The van der Waals surface area contributed by atoms with Gasteiger partial charge in [-0.15, -0.1) is 0 Å². The van der Waals surface area contributed by atoms with Crippen LogP contribution in [0.4, 0.5) is 0 Å². The highest BCUT2D eigenvalue weighted by molar-refractivity contribution is 7.89. The van der Waals surface area contributed by atoms with Crippen LogP contribution in [0.3, 0.4) is 0 Å². The maximum Gasteiger partial charge on any atom is 0.240 e. The van der Waals surface area contributed by atoms with Crippen molar-refractivity contribution in [3.05, 3.63) is 23.8 Å². The lowest BCUT2D eigenvalue weighted by Gasteiger charge is -2.29. The van der Waals surface area contributed by atoms with Crippen LogP contribution in [-0.2, 0) is 21.2 Å². The second kappa shape index (κ2) is 6.54. The van der Waals surface area contributed by atoms with Crippen LogP contribution in [0.1, 0.15) is 12.5 Å². The minimum Gasteiger partial charge on any atom is -0.493 e. The lowest BCUT2D eigenvalue weighted by Crippen LogP contribution is -2.45. The number of nitrogens with one attached hydrogen (secondary N) is 1. The molecule has 1 saturated heterocycles. The van der Waals surface area contributed by atoms with Gasteiger partial charge >= 0.3 is 0 Å². The summed E-state index contributed by atoms with van der Waals surface area (Å²) >= 11 is 0. The van der Waals surface area contributed by atoms with Crippen molar-refractivity contribution in [1.82, 2.24) is 9.62 Å². The fourth-order valence-electron chi connectivity index (χ4n) is 2.87. The summed E-state index contributed by atoms with van der Waals surface area (Å²) in [5.41, 5.74) is 0.962. The van der Waals surface area contributed by atoms with Crippen molar-refractivity contribution in [2.24, 2.45) is 0 Å². The Morgan fingerprint density at radius 3 is 2.82 bits per heavy atom. The molecule has 1 aromatic carbocycles. The number of ether oxygens (including phenoxy) is 2. The van der Waals surface area contributed by atoms with Gasteiger partial charge in [0.1, 0.15) is 5.75 Å². The van der Waals surface area contributed by atoms with Crippen LogP contribution in [0.25, 0.3) is 0 Å². The highest BCUT2D eigenvalue weighted by Gasteiger charge is 2.22. The zero-order chi connectivity index (χ0) is 15.6. The van der Waals surface area contributed by atoms with E-state index in [1.807, 2.05) is 6.92 Å². The molecule has 2 aliphatic rings. The molecule has 0 bridgehead atoms. The molecule has 22 heavy (non-hydrogen) atoms. The van der Waals surface area contributed by atoms with Gasteiger partial charge in [-0.3, -0.25) is 4.90 Å². The molecular weight excluding hydrogens is 304 g/mol. The summed E-state index contributed by atoms with van der Waals surface area (Å²) in [4.78, 5) is 2.53. The van der Waals surface area contributed by atoms with Gasteiger partial charge in [-0.05, 0) is 30.7 Å². The van der Waals surface area contributed by atoms with Gasteiger partial charge in [-0.25, -0.2) is 13.1 Å². The standard InChI is InChI=1S/C15H22N2O4S/c1-12(11-17-5-8-20-9-6-17)16-22(18,19)14-2-3-15-13(10-14)4-7-21-15/h2-3,10,12,16H,4-9,11H2,1H3. The SMILES string of the molecule is CC(CN1CCOCC1)NS(=O)(=O)c1ccc2c(c1)CCO2. The molecule has 6 nitrogen and oxygen atoms in total. The van der Waals surface area contributed by atoms with Crippen LogP contribution < -0.4 is 9.46 Å². The summed E-state index contributed by atoms with van der Waals surface area (Å²) in [5.74, 6) is 0.792. The Hall–Kier alpha value is -1.15. The Morgan fingerprint density at radius 2 is 2.05 bits per heavy atom. The molecule has 0 saturated carbocycles. The summed E-state index contributed by atoms with van der Waals surface area (Å²) in [6, 6.07) is 4.91. The van der Waals surface area contributed by atoms with Gasteiger partial charge in [0.2, 0.25) is 10.0 Å². The van der Waals surface area contributed by atoms with Crippen molar-refractivity contribution in [3.8, 4) is 5.75 Å². The zero-order valence-electron chi connectivity index (χ0n) is 12.7. The fraction of sp³-hybridized carbons (Fsp3) is 0.600. The van der Waals surface area contributed by atoms with E-state index in [-0.39, 0.29) is 6.04 Å². The average molecular weight is 326 g/mol. The number of benzene rings is 1. The van der Waals surface area contributed by atoms with E-state index in [0.29, 0.717) is 31.3 Å². The van der Waals surface area contributed by atoms with Gasteiger partial charge in [0.15, 0.2) is 0 Å². The summed E-state index contributed by atoms with van der Waals surface area (Å²) < 4.78 is 38.5. The Labute approximate surface area is 131 Å². The predicted octanol–water partition coefficient (Wildman–Crippen LogP) is 0.620. The van der Waals surface area contributed by atoms with Gasteiger partial charge < -0.3 is 9.47 Å². The van der Waals surface area contributed by atoms with Crippen molar-refractivity contribution in [1.29, 1.82) is 0 Å². The molecule has 2 heterocycles. The number of hydrogen-bond acceptors (Lipinski definition) is 5. The average Bonchev–Trinajstić information content (AvgIpc) is 2.95. The lowest BCUT2D eigenvalue weighted by molar-refractivity contribution is 0.0354. The topological polar surface area (TPSA) is 67.9 Å². The minimum atomic E-state index is -3.50. The summed E-state index contributed by atoms with van der Waals surface area (Å²) in [5, 5.41) is 0. The quantitative estimate of drug-likeness (QED) is 0.859. The van der Waals surface area contributed by atoms with E-state index >= 15 is 0 Å². The maximum atomic E-state index is 12.5. The van der Waals surface area contributed by atoms with Crippen LogP contribution in [0.15, 0.2) is 23.1 Å². The molecule has 1 unspecified atom stereocenters. The number of hydrogen-bond donors (Lipinski definition) is 1. The number of sulfonamides is 1. The van der Waals surface area contributed by atoms with Crippen molar-refractivity contribution < 1.29 is 17.9 Å². The molecule has 7 heteroatoms. The first kappa shape index (κ1) is 15.7. The largest absolute Gasteiger partial charge is 0.493 e. The summed E-state index contributed by atoms with van der Waals surface area (Å²) in [6.07, 6.45) is 0.766. The Balaban J connectivity index is 1.65. The number of fused-ring (bicyclic) bond motifs is 1. The lowest BCUT2D eigenvalue weighted by atomic mass is 10.2. The molecule has 3 rings (SSSR count). The van der Waals surface area contributed by atoms with Crippen molar-refractivity contribution in [3.63, 3.8) is 0 Å². The molecule has 0 radical (unpaired) electrons. The normalized spacial score (nSPS) is 20.4. The first-order chi connectivity index (χ1) is 10.5. The number of nitrogens with zero attached hydrogens (tertiary/aromatic N) is 1. The van der Waals surface area contributed by atoms with Crippen LogP contribution >= 0.6 is 0 Å². The highest BCUT2D eigenvalue weighted by atomic mass is 32.2. The molecular formula is C15H22N2O4S. The van der Waals surface area contributed by atoms with Crippen LogP contribution in [0.5, 0.6) is 5.75 Å². The second-order valence-electron chi connectivity index (χ2n) is 5.80. The van der Waals surface area contributed by atoms with Gasteiger partial charge in [-0.1, -0.05) is 0 Å². The summed E-state index contributed by atoms with van der Waals surface area (Å²) in [6.45, 7) is 6.33. The van der Waals surface area contributed by atoms with E-state index in [1.54, 1.807) is 18.2 Å². The van der Waals surface area contributed by atoms with E-state index in [2.05, 4.69) is 9.62 Å². The Morgan fingerprint density at radius 1 is 1.27 bits per heavy atom. The first-order valence-corrected chi connectivity index (χ1v) is 9.11. The van der Waals surface area contributed by atoms with Gasteiger partial charge in [0.25, 0.3) is 0 Å². The molecule has 0 spiro atoms. The zero-order valence-corrected chi connectivity index (χ0v) is 13.6. The molecule has 1 fully saturated rings. The first-order valence-electron chi connectivity index (χ1n) is 7.63. The number of morpholine rings is 1. The van der Waals surface area contributed by atoms with Crippen LogP contribution in [0.2, 0.25) is 0 Å². The van der Waals surface area contributed by atoms with E-state index in [9.17, 15) is 8.42 Å². The molecule has 122 valence electrons. The van der Waals surface area contributed by atoms with E-state index in [4.69, 9.17) is 9.47 Å². The predicted molar refractivity (Wildman–Crippen MR) is 82.7 cm³/mol. The van der Waals surface area contributed by atoms with Crippen LogP contribution in [-0.4, -0.2) is 58.8 Å². The van der Waals surface area contributed by atoms with Crippen LogP contribution in [0, 0.1) is 0 Å². The van der Waals surface area contributed by atoms with Gasteiger partial charge in [0, 0.05) is 32.1 Å². The highest BCUT2D eigenvalue weighted by Crippen LogP contribution is 2.27. The van der Waals surface area contributed by atoms with E-state index < -0.39 is 10.0 Å². The molecule has 0 amide bonds. The molecule has 1 N–H and O–H groups in total. The van der Waals surface area contributed by atoms with Crippen molar-refractivity contribution in [2.45, 2.75) is 24.3 Å². The number of rotatable bonds is 5. The molecule has 1 atom stereocenters. The second-order valence-corrected chi connectivity index (χ2v) is 7.52. The molecule has 1 aromatic rings. The van der Waals surface area contributed by atoms with Crippen molar-refractivity contribution >= 4 is 10.0 Å². The third kappa shape index (κ3) is 3.60. The third-order valence-corrected chi connectivity index (χ3v) is 5.55.